The lowest BCUT2D eigenvalue weighted by Crippen LogP contribution is -2.42. The molecule has 2 aromatic rings. The number of esters is 1. The quantitative estimate of drug-likeness (QED) is 0.514. The second-order valence-electron chi connectivity index (χ2n) is 6.96. The molecular formula is C21H21FN2O6S. The number of halogens is 1. The van der Waals surface area contributed by atoms with Gasteiger partial charge in [-0.1, -0.05) is 24.3 Å². The average Bonchev–Trinajstić information content (AvgIpc) is 3.23. The van der Waals surface area contributed by atoms with Crippen LogP contribution in [-0.2, 0) is 24.3 Å². The lowest BCUT2D eigenvalue weighted by molar-refractivity contribution is -0.150. The summed E-state index contributed by atoms with van der Waals surface area (Å²) in [6.45, 7) is 0.736. The fourth-order valence-corrected chi connectivity index (χ4v) is 5.08. The van der Waals surface area contributed by atoms with E-state index in [2.05, 4.69) is 5.32 Å². The fraction of sp³-hybridized carbons (Fsp3) is 0.286. The number of ether oxygens (including phenoxy) is 1. The standard InChI is InChI=1S/C21H21FN2O6S/c1-14(25)15-7-2-4-9-17(15)23-20(26)13-30-21(27)18-10-6-12-24(18)31(28,29)19-11-5-3-8-16(19)22/h2-5,7-9,11,18H,6,10,12-13H2,1H3,(H,23,26)/t18-/m0/s1. The predicted octanol–water partition coefficient (Wildman–Crippen LogP) is 2.36. The van der Waals surface area contributed by atoms with Gasteiger partial charge in [-0.15, -0.1) is 0 Å². The maximum Gasteiger partial charge on any atom is 0.324 e. The van der Waals surface area contributed by atoms with Crippen LogP contribution in [0.5, 0.6) is 0 Å². The van der Waals surface area contributed by atoms with Gasteiger partial charge in [0.25, 0.3) is 5.91 Å². The highest BCUT2D eigenvalue weighted by atomic mass is 32.2. The molecule has 0 aromatic heterocycles. The molecule has 1 heterocycles. The largest absolute Gasteiger partial charge is 0.454 e. The van der Waals surface area contributed by atoms with Crippen molar-refractivity contribution >= 4 is 33.4 Å². The first-order chi connectivity index (χ1) is 14.7. The second-order valence-corrected chi connectivity index (χ2v) is 8.82. The Morgan fingerprint density at radius 2 is 1.81 bits per heavy atom. The molecular weight excluding hydrogens is 427 g/mol. The molecule has 0 radical (unpaired) electrons. The Kier molecular flexibility index (Phi) is 6.81. The molecule has 2 aromatic carbocycles. The maximum absolute atomic E-state index is 14.0. The highest BCUT2D eigenvalue weighted by Gasteiger charge is 2.41. The first-order valence-electron chi connectivity index (χ1n) is 9.54. The SMILES string of the molecule is CC(=O)c1ccccc1NC(=O)COC(=O)[C@@H]1CCCN1S(=O)(=O)c1ccccc1F. The minimum absolute atomic E-state index is 0.0363. The van der Waals surface area contributed by atoms with Crippen LogP contribution < -0.4 is 5.32 Å². The number of carbonyl (C=O) groups excluding carboxylic acids is 3. The predicted molar refractivity (Wildman–Crippen MR) is 109 cm³/mol. The summed E-state index contributed by atoms with van der Waals surface area (Å²) < 4.78 is 45.6. The number of hydrogen-bond donors (Lipinski definition) is 1. The van der Waals surface area contributed by atoms with Crippen molar-refractivity contribution in [2.45, 2.75) is 30.7 Å². The van der Waals surface area contributed by atoms with Crippen molar-refractivity contribution in [3.05, 3.63) is 59.9 Å². The Hall–Kier alpha value is -3.11. The first kappa shape index (κ1) is 22.6. The van der Waals surface area contributed by atoms with Crippen molar-refractivity contribution < 1.29 is 31.9 Å². The third kappa shape index (κ3) is 4.97. The smallest absolute Gasteiger partial charge is 0.324 e. The molecule has 1 saturated heterocycles. The highest BCUT2D eigenvalue weighted by Crippen LogP contribution is 2.28. The van der Waals surface area contributed by atoms with E-state index in [1.165, 1.54) is 25.1 Å². The minimum Gasteiger partial charge on any atom is -0.454 e. The number of rotatable bonds is 7. The van der Waals surface area contributed by atoms with Crippen molar-refractivity contribution in [1.29, 1.82) is 0 Å². The van der Waals surface area contributed by atoms with E-state index < -0.39 is 45.3 Å². The average molecular weight is 448 g/mol. The van der Waals surface area contributed by atoms with Crippen LogP contribution in [0.4, 0.5) is 10.1 Å². The number of amides is 1. The number of Topliss-reactive ketones (excluding diaryl/α,β-unsaturated/α-hetero) is 1. The molecule has 164 valence electrons. The Morgan fingerprint density at radius 3 is 2.52 bits per heavy atom. The molecule has 3 rings (SSSR count). The van der Waals surface area contributed by atoms with E-state index in [9.17, 15) is 27.2 Å². The van der Waals surface area contributed by atoms with Gasteiger partial charge in [-0.2, -0.15) is 4.31 Å². The first-order valence-corrected chi connectivity index (χ1v) is 11.0. The van der Waals surface area contributed by atoms with E-state index >= 15 is 0 Å². The third-order valence-corrected chi connectivity index (χ3v) is 6.77. The molecule has 1 aliphatic rings. The summed E-state index contributed by atoms with van der Waals surface area (Å²) >= 11 is 0. The van der Waals surface area contributed by atoms with E-state index in [1.54, 1.807) is 18.2 Å². The zero-order valence-corrected chi connectivity index (χ0v) is 17.5. The van der Waals surface area contributed by atoms with E-state index in [0.717, 1.165) is 16.4 Å². The minimum atomic E-state index is -4.25. The van der Waals surface area contributed by atoms with Gasteiger partial charge in [0.1, 0.15) is 16.8 Å². The fourth-order valence-electron chi connectivity index (χ4n) is 3.36. The third-order valence-electron chi connectivity index (χ3n) is 4.83. The molecule has 0 unspecified atom stereocenters. The van der Waals surface area contributed by atoms with Gasteiger partial charge in [-0.3, -0.25) is 14.4 Å². The summed E-state index contributed by atoms with van der Waals surface area (Å²) in [6, 6.07) is 10.1. The normalized spacial score (nSPS) is 16.6. The molecule has 1 atom stereocenters. The van der Waals surface area contributed by atoms with Gasteiger partial charge in [0.05, 0.1) is 5.69 Å². The summed E-state index contributed by atoms with van der Waals surface area (Å²) in [4.78, 5) is 35.8. The van der Waals surface area contributed by atoms with Gasteiger partial charge in [0.15, 0.2) is 12.4 Å². The van der Waals surface area contributed by atoms with Crippen LogP contribution in [-0.4, -0.2) is 49.6 Å². The molecule has 0 bridgehead atoms. The van der Waals surface area contributed by atoms with Crippen molar-refractivity contribution in [2.75, 3.05) is 18.5 Å². The molecule has 8 nitrogen and oxygen atoms in total. The molecule has 1 N–H and O–H groups in total. The molecule has 0 spiro atoms. The van der Waals surface area contributed by atoms with E-state index in [0.29, 0.717) is 12.0 Å². The summed E-state index contributed by atoms with van der Waals surface area (Å²) in [7, 11) is -4.25. The van der Waals surface area contributed by atoms with Crippen LogP contribution in [0.3, 0.4) is 0 Å². The number of nitrogens with zero attached hydrogens (tertiary/aromatic N) is 1. The molecule has 1 fully saturated rings. The Morgan fingerprint density at radius 1 is 1.13 bits per heavy atom. The Labute approximate surface area is 179 Å². The van der Waals surface area contributed by atoms with Crippen LogP contribution in [0.25, 0.3) is 0 Å². The van der Waals surface area contributed by atoms with Crippen LogP contribution in [0.15, 0.2) is 53.4 Å². The highest BCUT2D eigenvalue weighted by molar-refractivity contribution is 7.89. The molecule has 31 heavy (non-hydrogen) atoms. The molecule has 1 amide bonds. The van der Waals surface area contributed by atoms with Gasteiger partial charge in [0, 0.05) is 12.1 Å². The van der Waals surface area contributed by atoms with E-state index in [-0.39, 0.29) is 24.4 Å². The van der Waals surface area contributed by atoms with Crippen LogP contribution in [0, 0.1) is 5.82 Å². The van der Waals surface area contributed by atoms with Crippen LogP contribution in [0.2, 0.25) is 0 Å². The lowest BCUT2D eigenvalue weighted by atomic mass is 10.1. The van der Waals surface area contributed by atoms with Gasteiger partial charge in [-0.05, 0) is 44.0 Å². The molecule has 1 aliphatic heterocycles. The summed E-state index contributed by atoms with van der Waals surface area (Å²) in [6.07, 6.45) is 0.590. The zero-order chi connectivity index (χ0) is 22.6. The zero-order valence-electron chi connectivity index (χ0n) is 16.7. The number of carbonyl (C=O) groups is 3. The second kappa shape index (κ2) is 9.36. The molecule has 0 saturated carbocycles. The number of para-hydroxylation sites is 1. The lowest BCUT2D eigenvalue weighted by Gasteiger charge is -2.22. The van der Waals surface area contributed by atoms with Gasteiger partial charge in [0.2, 0.25) is 10.0 Å². The maximum atomic E-state index is 14.0. The molecule has 10 heteroatoms. The van der Waals surface area contributed by atoms with Crippen molar-refractivity contribution in [3.8, 4) is 0 Å². The van der Waals surface area contributed by atoms with E-state index in [4.69, 9.17) is 4.74 Å². The van der Waals surface area contributed by atoms with E-state index in [1.807, 2.05) is 0 Å². The number of hydrogen-bond acceptors (Lipinski definition) is 6. The van der Waals surface area contributed by atoms with Crippen LogP contribution >= 0.6 is 0 Å². The van der Waals surface area contributed by atoms with Gasteiger partial charge >= 0.3 is 5.97 Å². The number of sulfonamides is 1. The summed E-state index contributed by atoms with van der Waals surface area (Å²) in [5.74, 6) is -2.73. The summed E-state index contributed by atoms with van der Waals surface area (Å²) in [5, 5.41) is 2.49. The monoisotopic (exact) mass is 448 g/mol. The number of ketones is 1. The van der Waals surface area contributed by atoms with Gasteiger partial charge in [-0.25, -0.2) is 12.8 Å². The van der Waals surface area contributed by atoms with Crippen molar-refractivity contribution in [3.63, 3.8) is 0 Å². The number of anilines is 1. The summed E-state index contributed by atoms with van der Waals surface area (Å²) in [5.41, 5.74) is 0.584. The Bertz CT molecular complexity index is 1120. The number of benzene rings is 2. The van der Waals surface area contributed by atoms with Gasteiger partial charge < -0.3 is 10.1 Å². The molecule has 0 aliphatic carbocycles. The Balaban J connectivity index is 1.66. The topological polar surface area (TPSA) is 110 Å². The van der Waals surface area contributed by atoms with Crippen LogP contribution in [0.1, 0.15) is 30.1 Å². The van der Waals surface area contributed by atoms with Crippen molar-refractivity contribution in [1.82, 2.24) is 4.31 Å². The number of nitrogens with one attached hydrogen (secondary N) is 1. The van der Waals surface area contributed by atoms with Crippen molar-refractivity contribution in [2.24, 2.45) is 0 Å².